The van der Waals surface area contributed by atoms with E-state index in [9.17, 15) is 4.79 Å². The van der Waals surface area contributed by atoms with Crippen LogP contribution in [0.15, 0.2) is 0 Å². The molecule has 4 heteroatoms. The van der Waals surface area contributed by atoms with Gasteiger partial charge in [-0.3, -0.25) is 0 Å². The second kappa shape index (κ2) is 2.13. The number of alkyl halides is 2. The smallest absolute Gasteiger partial charge is 0.331 e. The zero-order valence-electron chi connectivity index (χ0n) is 3.61. The van der Waals surface area contributed by atoms with Crippen LogP contribution in [0.2, 0.25) is 0 Å². The normalized spacial score (nSPS) is 11.3. The molecule has 0 amide bonds. The van der Waals surface area contributed by atoms with Crippen LogP contribution in [0.25, 0.3) is 0 Å². The molecular formula is C3H4Br2O2. The maximum absolute atomic E-state index is 9.93. The van der Waals surface area contributed by atoms with E-state index in [1.165, 1.54) is 6.92 Å². The zero-order chi connectivity index (χ0) is 6.08. The number of carboxylic acids is 1. The lowest BCUT2D eigenvalue weighted by molar-refractivity contribution is -0.136. The third kappa shape index (κ3) is 3.05. The van der Waals surface area contributed by atoms with Crippen molar-refractivity contribution in [3.05, 3.63) is 0 Å². The first-order chi connectivity index (χ1) is 2.94. The van der Waals surface area contributed by atoms with Crippen LogP contribution in [0.1, 0.15) is 6.92 Å². The van der Waals surface area contributed by atoms with Gasteiger partial charge in [-0.2, -0.15) is 0 Å². The minimum atomic E-state index is -0.958. The van der Waals surface area contributed by atoms with Crippen molar-refractivity contribution >= 4 is 37.8 Å². The molecule has 0 aromatic carbocycles. The molecule has 0 saturated carbocycles. The fourth-order valence-corrected chi connectivity index (χ4v) is 0. The molecule has 2 nitrogen and oxygen atoms in total. The van der Waals surface area contributed by atoms with Crippen LogP contribution < -0.4 is 0 Å². The first kappa shape index (κ1) is 7.43. The van der Waals surface area contributed by atoms with Crippen LogP contribution in [0.3, 0.4) is 0 Å². The molecular weight excluding hydrogens is 228 g/mol. The molecule has 0 saturated heterocycles. The lowest BCUT2D eigenvalue weighted by Gasteiger charge is -2.03. The number of hydrogen-bond acceptors (Lipinski definition) is 1. The molecule has 0 atom stereocenters. The van der Waals surface area contributed by atoms with E-state index in [2.05, 4.69) is 31.9 Å². The van der Waals surface area contributed by atoms with Crippen molar-refractivity contribution in [2.24, 2.45) is 0 Å². The highest BCUT2D eigenvalue weighted by Gasteiger charge is 2.24. The molecule has 0 bridgehead atoms. The Bertz CT molecular complexity index is 83.4. The molecule has 0 unspecified atom stereocenters. The number of rotatable bonds is 1. The summed E-state index contributed by atoms with van der Waals surface area (Å²) in [7, 11) is 0. The van der Waals surface area contributed by atoms with Crippen LogP contribution in [-0.2, 0) is 4.79 Å². The number of hydrogen-bond donors (Lipinski definition) is 1. The van der Waals surface area contributed by atoms with Crippen molar-refractivity contribution in [2.45, 2.75) is 10.2 Å². The van der Waals surface area contributed by atoms with E-state index >= 15 is 0 Å². The Morgan fingerprint density at radius 1 is 1.71 bits per heavy atom. The van der Waals surface area contributed by atoms with Gasteiger partial charge in [-0.1, -0.05) is 31.9 Å². The van der Waals surface area contributed by atoms with Crippen LogP contribution in [0.5, 0.6) is 0 Å². The molecule has 0 aliphatic heterocycles. The van der Waals surface area contributed by atoms with E-state index in [1.54, 1.807) is 0 Å². The van der Waals surface area contributed by atoms with Gasteiger partial charge in [0.25, 0.3) is 0 Å². The fourth-order valence-electron chi connectivity index (χ4n) is 0. The standard InChI is InChI=1S/C3H4Br2O2/c1-3(4,5)2(6)7/h1H3,(H,6,7). The number of halogens is 2. The van der Waals surface area contributed by atoms with Gasteiger partial charge in [0, 0.05) is 0 Å². The molecule has 0 heterocycles. The van der Waals surface area contributed by atoms with Gasteiger partial charge in [-0.25, -0.2) is 4.79 Å². The van der Waals surface area contributed by atoms with Crippen LogP contribution in [0, 0.1) is 0 Å². The third-order valence-corrected chi connectivity index (χ3v) is 1.05. The van der Waals surface area contributed by atoms with Crippen molar-refractivity contribution < 1.29 is 9.90 Å². The van der Waals surface area contributed by atoms with Gasteiger partial charge in [-0.15, -0.1) is 0 Å². The largest absolute Gasteiger partial charge is 0.480 e. The van der Waals surface area contributed by atoms with E-state index < -0.39 is 9.20 Å². The summed E-state index contributed by atoms with van der Waals surface area (Å²) in [6.07, 6.45) is 0. The highest BCUT2D eigenvalue weighted by atomic mass is 79.9. The average molecular weight is 232 g/mol. The predicted molar refractivity (Wildman–Crippen MR) is 33.9 cm³/mol. The zero-order valence-corrected chi connectivity index (χ0v) is 6.78. The number of carbonyl (C=O) groups is 1. The first-order valence-corrected chi connectivity index (χ1v) is 3.14. The monoisotopic (exact) mass is 230 g/mol. The Morgan fingerprint density at radius 3 is 1.86 bits per heavy atom. The average Bonchev–Trinajstić information content (AvgIpc) is 1.31. The Kier molecular flexibility index (Phi) is 2.26. The summed E-state index contributed by atoms with van der Waals surface area (Å²) in [5, 5.41) is 8.16. The van der Waals surface area contributed by atoms with Gasteiger partial charge >= 0.3 is 5.97 Å². The Morgan fingerprint density at radius 2 is 1.86 bits per heavy atom. The Labute approximate surface area is 58.2 Å². The van der Waals surface area contributed by atoms with Crippen LogP contribution >= 0.6 is 31.9 Å². The lowest BCUT2D eigenvalue weighted by Crippen LogP contribution is -2.18. The Balaban J connectivity index is 3.79. The summed E-state index contributed by atoms with van der Waals surface area (Å²) < 4.78 is -0.958. The molecule has 0 rings (SSSR count). The lowest BCUT2D eigenvalue weighted by atomic mass is 10.5. The van der Waals surface area contributed by atoms with Gasteiger partial charge in [-0.05, 0) is 6.92 Å². The van der Waals surface area contributed by atoms with Gasteiger partial charge < -0.3 is 5.11 Å². The molecule has 0 spiro atoms. The maximum Gasteiger partial charge on any atom is 0.331 e. The molecule has 0 aliphatic carbocycles. The van der Waals surface area contributed by atoms with E-state index in [1.807, 2.05) is 0 Å². The van der Waals surface area contributed by atoms with Crippen LogP contribution in [-0.4, -0.2) is 14.3 Å². The quantitative estimate of drug-likeness (QED) is 0.696. The Hall–Kier alpha value is 0.430. The van der Waals surface area contributed by atoms with Crippen molar-refractivity contribution in [1.82, 2.24) is 0 Å². The van der Waals surface area contributed by atoms with Gasteiger partial charge in [0.15, 0.2) is 3.23 Å². The molecule has 0 radical (unpaired) electrons. The minimum absolute atomic E-state index is 0.924. The highest BCUT2D eigenvalue weighted by molar-refractivity contribution is 9.25. The van der Waals surface area contributed by atoms with Crippen molar-refractivity contribution in [3.63, 3.8) is 0 Å². The maximum atomic E-state index is 9.93. The summed E-state index contributed by atoms with van der Waals surface area (Å²) in [6.45, 7) is 1.50. The summed E-state index contributed by atoms with van der Waals surface area (Å²) in [4.78, 5) is 9.93. The van der Waals surface area contributed by atoms with Gasteiger partial charge in [0.2, 0.25) is 0 Å². The van der Waals surface area contributed by atoms with E-state index in [0.29, 0.717) is 0 Å². The number of aliphatic carboxylic acids is 1. The van der Waals surface area contributed by atoms with Gasteiger partial charge in [0.05, 0.1) is 0 Å². The predicted octanol–water partition coefficient (Wildman–Crippen LogP) is 1.58. The molecule has 0 aliphatic rings. The molecule has 0 aromatic rings. The van der Waals surface area contributed by atoms with Gasteiger partial charge in [0.1, 0.15) is 0 Å². The molecule has 7 heavy (non-hydrogen) atoms. The molecule has 1 N–H and O–H groups in total. The van der Waals surface area contributed by atoms with E-state index in [4.69, 9.17) is 5.11 Å². The van der Waals surface area contributed by atoms with E-state index in [-0.39, 0.29) is 0 Å². The topological polar surface area (TPSA) is 37.3 Å². The highest BCUT2D eigenvalue weighted by Crippen LogP contribution is 2.24. The minimum Gasteiger partial charge on any atom is -0.480 e. The van der Waals surface area contributed by atoms with Crippen LogP contribution in [0.4, 0.5) is 0 Å². The van der Waals surface area contributed by atoms with E-state index in [0.717, 1.165) is 0 Å². The molecule has 42 valence electrons. The first-order valence-electron chi connectivity index (χ1n) is 1.56. The summed E-state index contributed by atoms with van der Waals surface area (Å²) in [5.74, 6) is -0.924. The third-order valence-electron chi connectivity index (χ3n) is 0.376. The summed E-state index contributed by atoms with van der Waals surface area (Å²) in [6, 6.07) is 0. The summed E-state index contributed by atoms with van der Waals surface area (Å²) in [5.41, 5.74) is 0. The number of carboxylic acid groups (broad SMARTS) is 1. The second-order valence-corrected chi connectivity index (χ2v) is 5.43. The molecule has 0 aromatic heterocycles. The fraction of sp³-hybridized carbons (Fsp3) is 0.667. The summed E-state index contributed by atoms with van der Waals surface area (Å²) >= 11 is 5.72. The SMILES string of the molecule is CC(Br)(Br)C(=O)O. The van der Waals surface area contributed by atoms with Crippen molar-refractivity contribution in [3.8, 4) is 0 Å². The molecule has 0 fully saturated rings. The van der Waals surface area contributed by atoms with Crippen molar-refractivity contribution in [1.29, 1.82) is 0 Å². The van der Waals surface area contributed by atoms with Crippen molar-refractivity contribution in [2.75, 3.05) is 0 Å². The second-order valence-electron chi connectivity index (χ2n) is 1.19.